The molecule has 1 aliphatic rings. The van der Waals surface area contributed by atoms with Gasteiger partial charge in [0, 0.05) is 22.8 Å². The van der Waals surface area contributed by atoms with Gasteiger partial charge in [0.25, 0.3) is 0 Å². The Labute approximate surface area is 122 Å². The standard InChI is InChI=1S/C16H17NO2S/c1-15(18,16(11-17)6-8-19-9-7-16)14-10-12-4-2-3-5-13(12)20-14/h2-5,10,18H,6-9H2,1H3. The van der Waals surface area contributed by atoms with Gasteiger partial charge in [0.15, 0.2) is 0 Å². The Morgan fingerprint density at radius 3 is 2.70 bits per heavy atom. The normalized spacial score (nSPS) is 21.2. The Morgan fingerprint density at radius 1 is 1.35 bits per heavy atom. The molecule has 1 unspecified atom stereocenters. The van der Waals surface area contributed by atoms with Crippen LogP contribution in [0.4, 0.5) is 0 Å². The molecular weight excluding hydrogens is 270 g/mol. The van der Waals surface area contributed by atoms with Crippen molar-refractivity contribution in [3.63, 3.8) is 0 Å². The zero-order chi connectivity index (χ0) is 14.2. The van der Waals surface area contributed by atoms with Crippen molar-refractivity contribution in [1.82, 2.24) is 0 Å². The van der Waals surface area contributed by atoms with E-state index >= 15 is 0 Å². The van der Waals surface area contributed by atoms with Gasteiger partial charge in [-0.15, -0.1) is 11.3 Å². The van der Waals surface area contributed by atoms with Gasteiger partial charge in [-0.1, -0.05) is 18.2 Å². The number of hydrogen-bond acceptors (Lipinski definition) is 4. The number of ether oxygens (including phenoxy) is 1. The highest BCUT2D eigenvalue weighted by atomic mass is 32.1. The molecule has 1 aromatic carbocycles. The van der Waals surface area contributed by atoms with E-state index in [1.54, 1.807) is 18.3 Å². The van der Waals surface area contributed by atoms with E-state index in [0.717, 1.165) is 15.0 Å². The fourth-order valence-corrected chi connectivity index (χ4v) is 4.09. The molecule has 1 fully saturated rings. The molecule has 0 aliphatic carbocycles. The van der Waals surface area contributed by atoms with E-state index in [1.807, 2.05) is 30.3 Å². The molecule has 1 saturated heterocycles. The molecule has 3 rings (SSSR count). The average molecular weight is 287 g/mol. The van der Waals surface area contributed by atoms with E-state index in [0.29, 0.717) is 26.1 Å². The Hall–Kier alpha value is -1.41. The minimum atomic E-state index is -1.14. The third kappa shape index (κ3) is 1.94. The molecule has 0 amide bonds. The summed E-state index contributed by atoms with van der Waals surface area (Å²) >= 11 is 1.57. The Kier molecular flexibility index (Phi) is 3.29. The van der Waals surface area contributed by atoms with Crippen molar-refractivity contribution < 1.29 is 9.84 Å². The molecule has 104 valence electrons. The highest BCUT2D eigenvalue weighted by Gasteiger charge is 2.50. The highest BCUT2D eigenvalue weighted by Crippen LogP contribution is 2.49. The predicted octanol–water partition coefficient (Wildman–Crippen LogP) is 3.43. The van der Waals surface area contributed by atoms with Crippen LogP contribution in [0, 0.1) is 16.7 Å². The second-order valence-electron chi connectivity index (χ2n) is 5.53. The fraction of sp³-hybridized carbons (Fsp3) is 0.438. The molecule has 1 aromatic heterocycles. The van der Waals surface area contributed by atoms with Crippen LogP contribution in [0.15, 0.2) is 30.3 Å². The summed E-state index contributed by atoms with van der Waals surface area (Å²) in [7, 11) is 0. The van der Waals surface area contributed by atoms with Gasteiger partial charge in [0.05, 0.1) is 11.5 Å². The smallest absolute Gasteiger partial charge is 0.115 e. The van der Waals surface area contributed by atoms with Crippen LogP contribution in [0.25, 0.3) is 10.1 Å². The lowest BCUT2D eigenvalue weighted by Crippen LogP contribution is -2.45. The van der Waals surface area contributed by atoms with Crippen molar-refractivity contribution in [2.24, 2.45) is 5.41 Å². The lowest BCUT2D eigenvalue weighted by Gasteiger charge is -2.42. The zero-order valence-corrected chi connectivity index (χ0v) is 12.2. The Bertz CT molecular complexity index is 629. The number of nitrogens with zero attached hydrogens (tertiary/aromatic N) is 1. The minimum absolute atomic E-state index is 0.536. The van der Waals surface area contributed by atoms with Crippen LogP contribution in [0.3, 0.4) is 0 Å². The van der Waals surface area contributed by atoms with Crippen molar-refractivity contribution in [2.75, 3.05) is 13.2 Å². The third-order valence-corrected chi connectivity index (χ3v) is 5.72. The maximum atomic E-state index is 11.1. The van der Waals surface area contributed by atoms with Crippen molar-refractivity contribution in [3.05, 3.63) is 35.2 Å². The van der Waals surface area contributed by atoms with Crippen molar-refractivity contribution in [3.8, 4) is 6.07 Å². The van der Waals surface area contributed by atoms with Crippen LogP contribution in [0.2, 0.25) is 0 Å². The molecule has 20 heavy (non-hydrogen) atoms. The van der Waals surface area contributed by atoms with Gasteiger partial charge in [-0.25, -0.2) is 0 Å². The summed E-state index contributed by atoms with van der Waals surface area (Å²) in [5.41, 5.74) is -1.90. The van der Waals surface area contributed by atoms with Gasteiger partial charge in [0.1, 0.15) is 5.60 Å². The molecule has 0 radical (unpaired) electrons. The molecule has 1 atom stereocenters. The molecule has 3 nitrogen and oxygen atoms in total. The largest absolute Gasteiger partial charge is 0.383 e. The van der Waals surface area contributed by atoms with E-state index in [4.69, 9.17) is 4.74 Å². The van der Waals surface area contributed by atoms with Crippen LogP contribution in [-0.2, 0) is 10.3 Å². The Balaban J connectivity index is 2.07. The van der Waals surface area contributed by atoms with Crippen molar-refractivity contribution in [1.29, 1.82) is 5.26 Å². The summed E-state index contributed by atoms with van der Waals surface area (Å²) in [5.74, 6) is 0. The van der Waals surface area contributed by atoms with Crippen molar-refractivity contribution in [2.45, 2.75) is 25.4 Å². The van der Waals surface area contributed by atoms with E-state index in [9.17, 15) is 10.4 Å². The second-order valence-corrected chi connectivity index (χ2v) is 6.61. The van der Waals surface area contributed by atoms with Gasteiger partial charge in [0.2, 0.25) is 0 Å². The number of rotatable bonds is 2. The number of nitriles is 1. The molecule has 0 saturated carbocycles. The lowest BCUT2D eigenvalue weighted by molar-refractivity contribution is -0.0952. The van der Waals surface area contributed by atoms with Crippen LogP contribution in [0.5, 0.6) is 0 Å². The monoisotopic (exact) mass is 287 g/mol. The molecular formula is C16H17NO2S. The predicted molar refractivity (Wildman–Crippen MR) is 79.5 cm³/mol. The molecule has 1 N–H and O–H groups in total. The quantitative estimate of drug-likeness (QED) is 0.920. The lowest BCUT2D eigenvalue weighted by atomic mass is 9.68. The number of benzene rings is 1. The van der Waals surface area contributed by atoms with Gasteiger partial charge < -0.3 is 9.84 Å². The molecule has 0 bridgehead atoms. The third-order valence-electron chi connectivity index (χ3n) is 4.40. The topological polar surface area (TPSA) is 53.2 Å². The zero-order valence-electron chi connectivity index (χ0n) is 11.4. The Morgan fingerprint density at radius 2 is 2.05 bits per heavy atom. The summed E-state index contributed by atoms with van der Waals surface area (Å²) in [5, 5.41) is 21.9. The summed E-state index contributed by atoms with van der Waals surface area (Å²) < 4.78 is 6.50. The van der Waals surface area contributed by atoms with Gasteiger partial charge in [-0.05, 0) is 37.3 Å². The second kappa shape index (κ2) is 4.85. The maximum absolute atomic E-state index is 11.1. The fourth-order valence-electron chi connectivity index (χ4n) is 2.88. The summed E-state index contributed by atoms with van der Waals surface area (Å²) in [4.78, 5) is 0.863. The summed E-state index contributed by atoms with van der Waals surface area (Å²) in [6.45, 7) is 2.84. The molecule has 2 aromatic rings. The number of fused-ring (bicyclic) bond motifs is 1. The van der Waals surface area contributed by atoms with Crippen molar-refractivity contribution >= 4 is 21.4 Å². The van der Waals surface area contributed by atoms with Gasteiger partial charge in [-0.3, -0.25) is 0 Å². The van der Waals surface area contributed by atoms with E-state index < -0.39 is 11.0 Å². The molecule has 4 heteroatoms. The highest BCUT2D eigenvalue weighted by molar-refractivity contribution is 7.19. The molecule has 2 heterocycles. The van der Waals surface area contributed by atoms with E-state index in [1.165, 1.54) is 0 Å². The first kappa shape index (κ1) is 13.6. The first-order valence-corrected chi connectivity index (χ1v) is 7.61. The SMILES string of the molecule is CC(O)(c1cc2ccccc2s1)C1(C#N)CCOCC1. The van der Waals surface area contributed by atoms with E-state index in [-0.39, 0.29) is 0 Å². The first-order valence-electron chi connectivity index (χ1n) is 6.79. The van der Waals surface area contributed by atoms with Crippen LogP contribution >= 0.6 is 11.3 Å². The molecule has 0 spiro atoms. The first-order chi connectivity index (χ1) is 9.59. The summed E-state index contributed by atoms with van der Waals surface area (Å²) in [6, 6.07) is 12.4. The van der Waals surface area contributed by atoms with Gasteiger partial charge in [-0.2, -0.15) is 5.26 Å². The number of thiophene rings is 1. The summed E-state index contributed by atoms with van der Waals surface area (Å²) in [6.07, 6.45) is 1.15. The van der Waals surface area contributed by atoms with Crippen LogP contribution in [0.1, 0.15) is 24.6 Å². The van der Waals surface area contributed by atoms with E-state index in [2.05, 4.69) is 6.07 Å². The van der Waals surface area contributed by atoms with Crippen LogP contribution in [-0.4, -0.2) is 18.3 Å². The number of hydrogen-bond donors (Lipinski definition) is 1. The average Bonchev–Trinajstić information content (AvgIpc) is 2.92. The van der Waals surface area contributed by atoms with Crippen LogP contribution < -0.4 is 0 Å². The minimum Gasteiger partial charge on any atom is -0.383 e. The maximum Gasteiger partial charge on any atom is 0.115 e. The number of aliphatic hydroxyl groups is 1. The van der Waals surface area contributed by atoms with Gasteiger partial charge >= 0.3 is 0 Å². The molecule has 1 aliphatic heterocycles.